The van der Waals surface area contributed by atoms with Crippen molar-refractivity contribution >= 4 is 46.4 Å². The van der Waals surface area contributed by atoms with E-state index in [0.717, 1.165) is 17.1 Å². The van der Waals surface area contributed by atoms with Crippen molar-refractivity contribution in [2.75, 3.05) is 23.5 Å². The van der Waals surface area contributed by atoms with Gasteiger partial charge >= 0.3 is 0 Å². The third-order valence-corrected chi connectivity index (χ3v) is 6.39. The van der Waals surface area contributed by atoms with Crippen LogP contribution in [-0.4, -0.2) is 39.3 Å². The van der Waals surface area contributed by atoms with Gasteiger partial charge in [0, 0.05) is 27.6 Å². The van der Waals surface area contributed by atoms with Gasteiger partial charge in [-0.3, -0.25) is 14.2 Å². The van der Waals surface area contributed by atoms with Crippen LogP contribution in [0.25, 0.3) is 5.69 Å². The topological polar surface area (TPSA) is 98.1 Å². The quantitative estimate of drug-likeness (QED) is 0.211. The number of methoxy groups -OCH3 is 1. The van der Waals surface area contributed by atoms with Crippen LogP contribution in [0, 0.1) is 0 Å². The molecular weight excluding hydrogens is 498 g/mol. The van der Waals surface area contributed by atoms with Crippen molar-refractivity contribution in [3.63, 3.8) is 0 Å². The number of hydrogen-bond acceptors (Lipinski definition) is 7. The Labute approximate surface area is 218 Å². The molecule has 0 radical (unpaired) electrons. The zero-order chi connectivity index (χ0) is 25.5. The van der Waals surface area contributed by atoms with E-state index in [2.05, 4.69) is 20.8 Å². The lowest BCUT2D eigenvalue weighted by molar-refractivity contribution is -0.113. The molecule has 1 aromatic heterocycles. The van der Waals surface area contributed by atoms with Gasteiger partial charge in [0.2, 0.25) is 5.91 Å². The summed E-state index contributed by atoms with van der Waals surface area (Å²) in [5.41, 5.74) is 2.84. The third-order valence-electron chi connectivity index (χ3n) is 5.21. The summed E-state index contributed by atoms with van der Waals surface area (Å²) in [7, 11) is 1.62. The average molecular weight is 522 g/mol. The van der Waals surface area contributed by atoms with Gasteiger partial charge in [-0.2, -0.15) is 0 Å². The van der Waals surface area contributed by atoms with E-state index >= 15 is 0 Å². The number of nitrogens with zero attached hydrogens (tertiary/aromatic N) is 3. The fourth-order valence-corrected chi connectivity index (χ4v) is 4.29. The SMILES string of the molecule is COc1ccc(NCc2nnc(SCC(=O)Nc3cccc(C(C)=O)c3)n2-c2ccc(Cl)cc2)cc1. The maximum absolute atomic E-state index is 12.6. The zero-order valence-electron chi connectivity index (χ0n) is 19.7. The Kier molecular flexibility index (Phi) is 8.24. The second-order valence-corrected chi connectivity index (χ2v) is 9.15. The van der Waals surface area contributed by atoms with E-state index in [1.807, 2.05) is 41.0 Å². The molecule has 4 aromatic rings. The molecule has 36 heavy (non-hydrogen) atoms. The smallest absolute Gasteiger partial charge is 0.234 e. The minimum Gasteiger partial charge on any atom is -0.497 e. The van der Waals surface area contributed by atoms with E-state index in [9.17, 15) is 9.59 Å². The van der Waals surface area contributed by atoms with Crippen LogP contribution < -0.4 is 15.4 Å². The highest BCUT2D eigenvalue weighted by Gasteiger charge is 2.16. The summed E-state index contributed by atoms with van der Waals surface area (Å²) < 4.78 is 7.10. The molecule has 0 aliphatic carbocycles. The number of Topliss-reactive ketones (excluding diaryl/α,β-unsaturated/α-hetero) is 1. The monoisotopic (exact) mass is 521 g/mol. The number of rotatable bonds is 10. The fourth-order valence-electron chi connectivity index (χ4n) is 3.39. The number of ether oxygens (including phenoxy) is 1. The first-order chi connectivity index (χ1) is 17.4. The second kappa shape index (κ2) is 11.7. The molecule has 0 bridgehead atoms. The van der Waals surface area contributed by atoms with Crippen LogP contribution in [0.5, 0.6) is 5.75 Å². The molecule has 8 nitrogen and oxygen atoms in total. The maximum atomic E-state index is 12.6. The van der Waals surface area contributed by atoms with Crippen LogP contribution in [0.2, 0.25) is 5.02 Å². The van der Waals surface area contributed by atoms with Gasteiger partial charge in [-0.15, -0.1) is 10.2 Å². The molecule has 0 atom stereocenters. The Morgan fingerprint density at radius 3 is 2.44 bits per heavy atom. The molecule has 1 amide bonds. The van der Waals surface area contributed by atoms with Gasteiger partial charge in [0.15, 0.2) is 16.8 Å². The van der Waals surface area contributed by atoms with Gasteiger partial charge < -0.3 is 15.4 Å². The highest BCUT2D eigenvalue weighted by molar-refractivity contribution is 7.99. The number of hydrogen-bond donors (Lipinski definition) is 2. The minimum absolute atomic E-state index is 0.0627. The van der Waals surface area contributed by atoms with Gasteiger partial charge in [-0.05, 0) is 67.6 Å². The predicted molar refractivity (Wildman–Crippen MR) is 142 cm³/mol. The van der Waals surface area contributed by atoms with Crippen molar-refractivity contribution in [2.24, 2.45) is 0 Å². The predicted octanol–water partition coefficient (Wildman–Crippen LogP) is 5.47. The summed E-state index contributed by atoms with van der Waals surface area (Å²) in [6.45, 7) is 1.90. The molecule has 0 unspecified atom stereocenters. The summed E-state index contributed by atoms with van der Waals surface area (Å²) >= 11 is 7.35. The number of anilines is 2. The standard InChI is InChI=1S/C26H24ClN5O3S/c1-17(33)18-4-3-5-21(14-18)29-25(34)16-36-26-31-30-24(32(26)22-10-6-19(27)7-11-22)15-28-20-8-12-23(35-2)13-9-20/h3-14,28H,15-16H2,1-2H3,(H,29,34). The molecule has 184 valence electrons. The van der Waals surface area contributed by atoms with E-state index in [-0.39, 0.29) is 17.4 Å². The Morgan fingerprint density at radius 2 is 1.75 bits per heavy atom. The zero-order valence-corrected chi connectivity index (χ0v) is 21.3. The van der Waals surface area contributed by atoms with E-state index in [0.29, 0.717) is 33.8 Å². The number of halogens is 1. The molecule has 2 N–H and O–H groups in total. The van der Waals surface area contributed by atoms with Gasteiger partial charge in [0.25, 0.3) is 0 Å². The number of ketones is 1. The summed E-state index contributed by atoms with van der Waals surface area (Å²) in [4.78, 5) is 24.2. The first-order valence-electron chi connectivity index (χ1n) is 11.0. The van der Waals surface area contributed by atoms with Crippen molar-refractivity contribution in [3.05, 3.63) is 89.2 Å². The molecular formula is C26H24ClN5O3S. The molecule has 4 rings (SSSR count). The highest BCUT2D eigenvalue weighted by Crippen LogP contribution is 2.25. The first-order valence-corrected chi connectivity index (χ1v) is 12.4. The lowest BCUT2D eigenvalue weighted by Crippen LogP contribution is -2.15. The second-order valence-electron chi connectivity index (χ2n) is 7.77. The average Bonchev–Trinajstić information content (AvgIpc) is 3.30. The number of thioether (sulfide) groups is 1. The van der Waals surface area contributed by atoms with Crippen molar-refractivity contribution in [1.82, 2.24) is 14.8 Å². The fraction of sp³-hybridized carbons (Fsp3) is 0.154. The lowest BCUT2D eigenvalue weighted by Gasteiger charge is -2.12. The van der Waals surface area contributed by atoms with Crippen molar-refractivity contribution in [1.29, 1.82) is 0 Å². The number of carbonyl (C=O) groups is 2. The molecule has 0 aliphatic rings. The molecule has 0 saturated heterocycles. The molecule has 10 heteroatoms. The molecule has 0 spiro atoms. The molecule has 1 heterocycles. The van der Waals surface area contributed by atoms with E-state index in [4.69, 9.17) is 16.3 Å². The molecule has 0 fully saturated rings. The van der Waals surface area contributed by atoms with Crippen molar-refractivity contribution in [3.8, 4) is 11.4 Å². The van der Waals surface area contributed by atoms with Gasteiger partial charge in [0.1, 0.15) is 5.75 Å². The van der Waals surface area contributed by atoms with Crippen molar-refractivity contribution in [2.45, 2.75) is 18.6 Å². The number of aromatic nitrogens is 3. The highest BCUT2D eigenvalue weighted by atomic mass is 35.5. The Morgan fingerprint density at radius 1 is 1.00 bits per heavy atom. The van der Waals surface area contributed by atoms with E-state index in [1.165, 1.54) is 18.7 Å². The largest absolute Gasteiger partial charge is 0.497 e. The number of nitrogens with one attached hydrogen (secondary N) is 2. The first kappa shape index (κ1) is 25.3. The lowest BCUT2D eigenvalue weighted by atomic mass is 10.1. The number of carbonyl (C=O) groups excluding carboxylic acids is 2. The number of benzene rings is 3. The van der Waals surface area contributed by atoms with E-state index in [1.54, 1.807) is 43.5 Å². The van der Waals surface area contributed by atoms with Crippen LogP contribution in [0.4, 0.5) is 11.4 Å². The number of amides is 1. The summed E-state index contributed by atoms with van der Waals surface area (Å²) in [6.07, 6.45) is 0. The van der Waals surface area contributed by atoms with Crippen LogP contribution in [0.3, 0.4) is 0 Å². The Hall–Kier alpha value is -3.82. The summed E-state index contributed by atoms with van der Waals surface area (Å²) in [5, 5.41) is 16.0. The Bertz CT molecular complexity index is 1360. The van der Waals surface area contributed by atoms with Crippen LogP contribution in [0.1, 0.15) is 23.1 Å². The maximum Gasteiger partial charge on any atom is 0.234 e. The minimum atomic E-state index is -0.218. The van der Waals surface area contributed by atoms with Gasteiger partial charge in [-0.25, -0.2) is 0 Å². The molecule has 0 saturated carbocycles. The van der Waals surface area contributed by atoms with Gasteiger partial charge in [-0.1, -0.05) is 35.5 Å². The van der Waals surface area contributed by atoms with E-state index < -0.39 is 0 Å². The molecule has 3 aromatic carbocycles. The third kappa shape index (κ3) is 6.44. The van der Waals surface area contributed by atoms with Crippen LogP contribution in [-0.2, 0) is 11.3 Å². The van der Waals surface area contributed by atoms with Crippen LogP contribution >= 0.6 is 23.4 Å². The molecule has 0 aliphatic heterocycles. The normalized spacial score (nSPS) is 10.6. The summed E-state index contributed by atoms with van der Waals surface area (Å²) in [5.74, 6) is 1.28. The van der Waals surface area contributed by atoms with Gasteiger partial charge in [0.05, 0.1) is 19.4 Å². The van der Waals surface area contributed by atoms with Crippen molar-refractivity contribution < 1.29 is 14.3 Å². The Balaban J connectivity index is 1.49. The summed E-state index contributed by atoms with van der Waals surface area (Å²) in [6, 6.07) is 21.8. The van der Waals surface area contributed by atoms with Crippen LogP contribution in [0.15, 0.2) is 78.0 Å².